The van der Waals surface area contributed by atoms with Crippen molar-refractivity contribution in [1.82, 2.24) is 14.9 Å². The fourth-order valence-electron chi connectivity index (χ4n) is 2.13. The van der Waals surface area contributed by atoms with Gasteiger partial charge in [0.1, 0.15) is 12.7 Å². The summed E-state index contributed by atoms with van der Waals surface area (Å²) in [5, 5.41) is 22.8. The molecule has 2 aromatic heterocycles. The largest absolute Gasteiger partial charge is 0.341 e. The molecular formula is C16H14N6OS. The number of nitrogens with one attached hydrogen (secondary N) is 1. The first kappa shape index (κ1) is 15.7. The van der Waals surface area contributed by atoms with Crippen molar-refractivity contribution in [2.24, 2.45) is 0 Å². The Bertz CT molecular complexity index is 880. The molecule has 1 N–H and O–H groups in total. The van der Waals surface area contributed by atoms with Gasteiger partial charge < -0.3 is 5.32 Å². The smallest absolute Gasteiger partial charge is 0.306 e. The third-order valence-corrected chi connectivity index (χ3v) is 4.43. The highest BCUT2D eigenvalue weighted by atomic mass is 32.1. The lowest BCUT2D eigenvalue weighted by Gasteiger charge is -2.23. The maximum absolute atomic E-state index is 12.7. The lowest BCUT2D eigenvalue weighted by atomic mass is 10.2. The lowest BCUT2D eigenvalue weighted by Crippen LogP contribution is -2.42. The van der Waals surface area contributed by atoms with Crippen LogP contribution in [0.15, 0.2) is 48.4 Å². The van der Waals surface area contributed by atoms with Crippen LogP contribution in [0, 0.1) is 18.3 Å². The van der Waals surface area contributed by atoms with Crippen LogP contribution in [0.1, 0.15) is 16.0 Å². The number of amides is 2. The summed E-state index contributed by atoms with van der Waals surface area (Å²) >= 11 is 1.59. The minimum atomic E-state index is -0.335. The van der Waals surface area contributed by atoms with Gasteiger partial charge in [0, 0.05) is 10.6 Å². The van der Waals surface area contributed by atoms with Crippen molar-refractivity contribution in [2.75, 3.05) is 10.3 Å². The Morgan fingerprint density at radius 3 is 2.83 bits per heavy atom. The predicted molar refractivity (Wildman–Crippen MR) is 91.2 cm³/mol. The van der Waals surface area contributed by atoms with E-state index in [2.05, 4.69) is 21.6 Å². The molecule has 0 unspecified atom stereocenters. The Hall–Kier alpha value is -3.18. The molecule has 0 aliphatic rings. The van der Waals surface area contributed by atoms with E-state index in [4.69, 9.17) is 5.26 Å². The molecule has 0 atom stereocenters. The van der Waals surface area contributed by atoms with E-state index in [1.807, 2.05) is 18.4 Å². The number of anilines is 1. The number of carbonyl (C=O) groups is 1. The molecule has 0 aliphatic heterocycles. The Balaban J connectivity index is 1.84. The maximum Gasteiger partial charge on any atom is 0.341 e. The molecule has 1 aromatic carbocycles. The number of carbonyl (C=O) groups excluding carboxylic acids is 1. The van der Waals surface area contributed by atoms with Crippen molar-refractivity contribution in [3.05, 3.63) is 64.4 Å². The number of benzene rings is 1. The number of rotatable bonds is 4. The Morgan fingerprint density at radius 1 is 1.38 bits per heavy atom. The standard InChI is InChI=1S/C16H14N6OS/c1-12-5-6-24-15(12)9-22(21-10-18-19-11-21)16(23)20-14-4-2-3-13(7-14)8-17/h2-7,10-11H,9H2,1H3,(H,20,23). The van der Waals surface area contributed by atoms with Crippen molar-refractivity contribution in [2.45, 2.75) is 13.5 Å². The number of urea groups is 1. The van der Waals surface area contributed by atoms with E-state index in [9.17, 15) is 4.79 Å². The molecule has 0 aliphatic carbocycles. The summed E-state index contributed by atoms with van der Waals surface area (Å²) < 4.78 is 1.53. The van der Waals surface area contributed by atoms with E-state index in [1.54, 1.807) is 35.6 Å². The monoisotopic (exact) mass is 338 g/mol. The zero-order chi connectivity index (χ0) is 16.9. The molecule has 0 radical (unpaired) electrons. The molecule has 24 heavy (non-hydrogen) atoms. The predicted octanol–water partition coefficient (Wildman–Crippen LogP) is 2.89. The van der Waals surface area contributed by atoms with Crippen LogP contribution < -0.4 is 10.3 Å². The van der Waals surface area contributed by atoms with E-state index >= 15 is 0 Å². The summed E-state index contributed by atoms with van der Waals surface area (Å²) in [4.78, 5) is 13.8. The van der Waals surface area contributed by atoms with Gasteiger partial charge in [0.05, 0.1) is 18.2 Å². The lowest BCUT2D eigenvalue weighted by molar-refractivity contribution is 0.251. The van der Waals surface area contributed by atoms with Gasteiger partial charge in [0.25, 0.3) is 0 Å². The first-order valence-electron chi connectivity index (χ1n) is 7.14. The van der Waals surface area contributed by atoms with Gasteiger partial charge in [-0.15, -0.1) is 21.5 Å². The summed E-state index contributed by atoms with van der Waals surface area (Å²) in [6, 6.07) is 10.5. The molecule has 0 spiro atoms. The van der Waals surface area contributed by atoms with Crippen LogP contribution in [0.3, 0.4) is 0 Å². The SMILES string of the molecule is Cc1ccsc1CN(C(=O)Nc1cccc(C#N)c1)n1cnnc1. The van der Waals surface area contributed by atoms with Crippen LogP contribution >= 0.6 is 11.3 Å². The first-order valence-corrected chi connectivity index (χ1v) is 8.02. The number of thiophene rings is 1. The van der Waals surface area contributed by atoms with Gasteiger partial charge in [-0.1, -0.05) is 6.07 Å². The molecule has 0 fully saturated rings. The van der Waals surface area contributed by atoms with Gasteiger partial charge in [0.15, 0.2) is 0 Å². The topological polar surface area (TPSA) is 86.8 Å². The van der Waals surface area contributed by atoms with Gasteiger partial charge in [0.2, 0.25) is 0 Å². The van der Waals surface area contributed by atoms with Crippen molar-refractivity contribution in [3.8, 4) is 6.07 Å². The summed E-state index contributed by atoms with van der Waals surface area (Å²) in [5.41, 5.74) is 2.16. The molecule has 0 saturated heterocycles. The van der Waals surface area contributed by atoms with E-state index in [1.165, 1.54) is 22.3 Å². The molecular weight excluding hydrogens is 324 g/mol. The van der Waals surface area contributed by atoms with Crippen molar-refractivity contribution < 1.29 is 4.79 Å². The van der Waals surface area contributed by atoms with Crippen molar-refractivity contribution in [1.29, 1.82) is 5.26 Å². The molecule has 120 valence electrons. The molecule has 8 heteroatoms. The normalized spacial score (nSPS) is 10.2. The number of hydrogen-bond acceptors (Lipinski definition) is 5. The molecule has 7 nitrogen and oxygen atoms in total. The number of hydrogen-bond donors (Lipinski definition) is 1. The second-order valence-corrected chi connectivity index (χ2v) is 6.05. The van der Waals surface area contributed by atoms with Gasteiger partial charge in [-0.3, -0.25) is 0 Å². The number of aromatic nitrogens is 3. The Labute approximate surface area is 142 Å². The van der Waals surface area contributed by atoms with Crippen molar-refractivity contribution >= 4 is 23.1 Å². The second-order valence-electron chi connectivity index (χ2n) is 5.05. The highest BCUT2D eigenvalue weighted by Crippen LogP contribution is 2.18. The molecule has 3 aromatic rings. The zero-order valence-electron chi connectivity index (χ0n) is 12.9. The third-order valence-electron chi connectivity index (χ3n) is 3.42. The number of nitriles is 1. The minimum absolute atomic E-state index is 0.335. The van der Waals surface area contributed by atoms with Crippen LogP contribution in [0.2, 0.25) is 0 Å². The van der Waals surface area contributed by atoms with Gasteiger partial charge in [-0.25, -0.2) is 14.5 Å². The molecule has 2 amide bonds. The van der Waals surface area contributed by atoms with Crippen LogP contribution in [0.5, 0.6) is 0 Å². The quantitative estimate of drug-likeness (QED) is 0.792. The van der Waals surface area contributed by atoms with E-state index in [0.717, 1.165) is 10.4 Å². The maximum atomic E-state index is 12.7. The fourth-order valence-corrected chi connectivity index (χ4v) is 3.02. The molecule has 0 bridgehead atoms. The summed E-state index contributed by atoms with van der Waals surface area (Å²) in [6.45, 7) is 2.40. The number of nitrogens with zero attached hydrogens (tertiary/aromatic N) is 5. The molecule has 3 rings (SSSR count). The summed E-state index contributed by atoms with van der Waals surface area (Å²) in [5.74, 6) is 0. The fraction of sp³-hybridized carbons (Fsp3) is 0.125. The van der Waals surface area contributed by atoms with Crippen LogP contribution in [-0.4, -0.2) is 20.9 Å². The van der Waals surface area contributed by atoms with Crippen LogP contribution in [-0.2, 0) is 6.54 Å². The van der Waals surface area contributed by atoms with Crippen LogP contribution in [0.4, 0.5) is 10.5 Å². The van der Waals surface area contributed by atoms with Crippen molar-refractivity contribution in [3.63, 3.8) is 0 Å². The Kier molecular flexibility index (Phi) is 4.54. The van der Waals surface area contributed by atoms with E-state index in [0.29, 0.717) is 17.8 Å². The third kappa shape index (κ3) is 3.42. The number of aryl methyl sites for hydroxylation is 1. The van der Waals surface area contributed by atoms with Gasteiger partial charge >= 0.3 is 6.03 Å². The van der Waals surface area contributed by atoms with Gasteiger partial charge in [-0.05, 0) is 42.1 Å². The van der Waals surface area contributed by atoms with E-state index < -0.39 is 0 Å². The van der Waals surface area contributed by atoms with E-state index in [-0.39, 0.29) is 6.03 Å². The average Bonchev–Trinajstić information content (AvgIpc) is 3.24. The average molecular weight is 338 g/mol. The van der Waals surface area contributed by atoms with Crippen LogP contribution in [0.25, 0.3) is 0 Å². The summed E-state index contributed by atoms with van der Waals surface area (Å²) in [7, 11) is 0. The highest BCUT2D eigenvalue weighted by Gasteiger charge is 2.18. The highest BCUT2D eigenvalue weighted by molar-refractivity contribution is 7.10. The summed E-state index contributed by atoms with van der Waals surface area (Å²) in [6.07, 6.45) is 2.93. The van der Waals surface area contributed by atoms with Gasteiger partial charge in [-0.2, -0.15) is 5.26 Å². The minimum Gasteiger partial charge on any atom is -0.306 e. The Morgan fingerprint density at radius 2 is 2.17 bits per heavy atom. The zero-order valence-corrected chi connectivity index (χ0v) is 13.7. The molecule has 2 heterocycles. The first-order chi connectivity index (χ1) is 11.7. The molecule has 0 saturated carbocycles. The second kappa shape index (κ2) is 6.93.